The first kappa shape index (κ1) is 23.9. The van der Waals surface area contributed by atoms with Gasteiger partial charge in [-0.2, -0.15) is 0 Å². The van der Waals surface area contributed by atoms with E-state index in [-0.39, 0.29) is 23.2 Å². The summed E-state index contributed by atoms with van der Waals surface area (Å²) in [5.41, 5.74) is 4.44. The molecule has 5 rings (SSSR count). The Morgan fingerprint density at radius 3 is 2.57 bits per heavy atom. The van der Waals surface area contributed by atoms with E-state index in [0.29, 0.717) is 30.6 Å². The van der Waals surface area contributed by atoms with Crippen molar-refractivity contribution in [1.82, 2.24) is 24.4 Å². The zero-order valence-corrected chi connectivity index (χ0v) is 19.9. The van der Waals surface area contributed by atoms with Crippen molar-refractivity contribution in [2.45, 2.75) is 32.1 Å². The summed E-state index contributed by atoms with van der Waals surface area (Å²) < 4.78 is 60.3. The molecule has 1 saturated carbocycles. The Balaban J connectivity index is 1.23. The average molecular weight is 502 g/mol. The first-order chi connectivity index (χ1) is 16.9. The Bertz CT molecular complexity index is 1320. The van der Waals surface area contributed by atoms with Gasteiger partial charge in [0.1, 0.15) is 29.0 Å². The number of imidazole rings is 1. The minimum atomic E-state index is -1.37. The maximum absolute atomic E-state index is 14.5. The lowest BCUT2D eigenvalue weighted by Gasteiger charge is -2.36. The summed E-state index contributed by atoms with van der Waals surface area (Å²) >= 11 is -1.37. The fourth-order valence-corrected chi connectivity index (χ4v) is 5.57. The number of rotatable bonds is 9. The Labute approximate surface area is 204 Å². The van der Waals surface area contributed by atoms with Crippen LogP contribution in [0.4, 0.5) is 13.2 Å². The maximum Gasteiger partial charge on any atom is 0.150 e. The van der Waals surface area contributed by atoms with Crippen LogP contribution in [0, 0.1) is 30.3 Å². The van der Waals surface area contributed by atoms with Crippen LogP contribution in [0.25, 0.3) is 22.2 Å². The van der Waals surface area contributed by atoms with Crippen LogP contribution in [0.1, 0.15) is 35.7 Å². The van der Waals surface area contributed by atoms with Crippen LogP contribution in [0.3, 0.4) is 0 Å². The molecule has 0 saturated heterocycles. The summed E-state index contributed by atoms with van der Waals surface area (Å²) in [5, 5.41) is 0.511. The first-order valence-corrected chi connectivity index (χ1v) is 12.7. The Kier molecular flexibility index (Phi) is 6.88. The molecule has 10 heteroatoms. The number of aromatic amines is 2. The van der Waals surface area contributed by atoms with E-state index in [9.17, 15) is 17.7 Å². The number of hydrogen-bond donors (Lipinski definition) is 4. The fourth-order valence-electron chi connectivity index (χ4n) is 4.79. The van der Waals surface area contributed by atoms with E-state index in [2.05, 4.69) is 24.4 Å². The highest BCUT2D eigenvalue weighted by molar-refractivity contribution is 7.87. The van der Waals surface area contributed by atoms with Crippen LogP contribution in [0.5, 0.6) is 0 Å². The Morgan fingerprint density at radius 2 is 1.86 bits per heavy atom. The van der Waals surface area contributed by atoms with E-state index >= 15 is 0 Å². The highest BCUT2D eigenvalue weighted by Crippen LogP contribution is 2.48. The molecule has 1 atom stereocenters. The smallest absolute Gasteiger partial charge is 0.150 e. The molecule has 0 radical (unpaired) electrons. The molecule has 35 heavy (non-hydrogen) atoms. The zero-order valence-electron chi connectivity index (χ0n) is 19.1. The van der Waals surface area contributed by atoms with Crippen LogP contribution in [-0.2, 0) is 18.0 Å². The van der Waals surface area contributed by atoms with Crippen molar-refractivity contribution >= 4 is 22.5 Å². The van der Waals surface area contributed by atoms with Crippen LogP contribution >= 0.6 is 0 Å². The second-order valence-electron chi connectivity index (χ2n) is 9.00. The molecule has 1 aliphatic rings. The largest absolute Gasteiger partial charge is 0.579 e. The van der Waals surface area contributed by atoms with Gasteiger partial charge < -0.3 is 14.5 Å². The molecule has 1 unspecified atom stereocenters. The highest BCUT2D eigenvalue weighted by Gasteiger charge is 2.35. The Hall–Kier alpha value is -2.79. The van der Waals surface area contributed by atoms with E-state index in [4.69, 9.17) is 0 Å². The van der Waals surface area contributed by atoms with Crippen LogP contribution < -0.4 is 9.44 Å². The third kappa shape index (κ3) is 5.11. The molecule has 2 aromatic heterocycles. The molecule has 0 spiro atoms. The van der Waals surface area contributed by atoms with Crippen LogP contribution in [0.2, 0.25) is 0 Å². The maximum atomic E-state index is 14.5. The van der Waals surface area contributed by atoms with Gasteiger partial charge in [0.25, 0.3) is 0 Å². The quantitative estimate of drug-likeness (QED) is 0.249. The minimum Gasteiger partial charge on any atom is -0.579 e. The molecule has 0 bridgehead atoms. The molecule has 2 aromatic carbocycles. The summed E-state index contributed by atoms with van der Waals surface area (Å²) in [5.74, 6) is -1.28. The van der Waals surface area contributed by atoms with Gasteiger partial charge in [0.15, 0.2) is 0 Å². The predicted molar refractivity (Wildman–Crippen MR) is 130 cm³/mol. The highest BCUT2D eigenvalue weighted by atomic mass is 32.2. The number of halogens is 3. The topological polar surface area (TPSA) is 91.6 Å². The average Bonchev–Trinajstić information content (AvgIpc) is 3.37. The van der Waals surface area contributed by atoms with Crippen molar-refractivity contribution in [3.63, 3.8) is 0 Å². The van der Waals surface area contributed by atoms with E-state index < -0.39 is 23.2 Å². The van der Waals surface area contributed by atoms with Crippen molar-refractivity contribution in [3.05, 3.63) is 77.1 Å². The summed E-state index contributed by atoms with van der Waals surface area (Å²) in [6, 6.07) is 8.18. The first-order valence-electron chi connectivity index (χ1n) is 11.5. The number of fused-ring (bicyclic) bond motifs is 1. The van der Waals surface area contributed by atoms with Crippen molar-refractivity contribution in [2.24, 2.45) is 5.92 Å². The number of benzene rings is 2. The van der Waals surface area contributed by atoms with Gasteiger partial charge in [0.2, 0.25) is 0 Å². The van der Waals surface area contributed by atoms with Gasteiger partial charge in [0.05, 0.1) is 23.2 Å². The lowest BCUT2D eigenvalue weighted by atomic mass is 9.70. The number of hydrogen-bond acceptors (Lipinski definition) is 4. The molecule has 2 heterocycles. The lowest BCUT2D eigenvalue weighted by Crippen LogP contribution is -2.42. The van der Waals surface area contributed by atoms with Crippen molar-refractivity contribution in [2.75, 3.05) is 13.1 Å². The number of nitrogens with one attached hydrogen (secondary N) is 4. The van der Waals surface area contributed by atoms with Gasteiger partial charge in [-0.1, -0.05) is 0 Å². The molecular weight excluding hydrogens is 475 g/mol. The molecule has 6 nitrogen and oxygen atoms in total. The van der Waals surface area contributed by atoms with E-state index in [1.165, 1.54) is 18.2 Å². The van der Waals surface area contributed by atoms with E-state index in [0.717, 1.165) is 41.4 Å². The second kappa shape index (κ2) is 10.1. The molecule has 0 aliphatic heterocycles. The molecule has 1 fully saturated rings. The molecule has 0 amide bonds. The third-order valence-corrected chi connectivity index (χ3v) is 7.57. The summed E-state index contributed by atoms with van der Waals surface area (Å²) in [4.78, 5) is 10.3. The SMILES string of the molecule is Cc1[nH]cnc1CCN[S+]([O-])NC[C@H]1C[C@H](c2c(-c3ccc(F)cc3)[nH]c3c(F)cc(F)cc32)C1. The second-order valence-corrected chi connectivity index (χ2v) is 10.1. The van der Waals surface area contributed by atoms with Gasteiger partial charge >= 0.3 is 0 Å². The van der Waals surface area contributed by atoms with E-state index in [1.54, 1.807) is 18.5 Å². The van der Waals surface area contributed by atoms with Crippen molar-refractivity contribution in [1.29, 1.82) is 0 Å². The van der Waals surface area contributed by atoms with Crippen molar-refractivity contribution < 1.29 is 17.7 Å². The number of aryl methyl sites for hydroxylation is 1. The molecular formula is C25H26F3N5OS. The van der Waals surface area contributed by atoms with E-state index in [1.807, 2.05) is 6.92 Å². The minimum absolute atomic E-state index is 0.0841. The number of nitrogens with zero attached hydrogens (tertiary/aromatic N) is 1. The Morgan fingerprint density at radius 1 is 1.09 bits per heavy atom. The fraction of sp³-hybridized carbons (Fsp3) is 0.320. The predicted octanol–water partition coefficient (Wildman–Crippen LogP) is 4.78. The monoisotopic (exact) mass is 501 g/mol. The molecule has 4 N–H and O–H groups in total. The molecule has 4 aromatic rings. The van der Waals surface area contributed by atoms with Crippen LogP contribution in [-0.4, -0.2) is 32.6 Å². The summed E-state index contributed by atoms with van der Waals surface area (Å²) in [6.07, 6.45) is 3.89. The molecule has 1 aliphatic carbocycles. The summed E-state index contributed by atoms with van der Waals surface area (Å²) in [6.45, 7) is 3.04. The van der Waals surface area contributed by atoms with Gasteiger partial charge in [-0.05, 0) is 73.1 Å². The third-order valence-electron chi connectivity index (χ3n) is 6.67. The van der Waals surface area contributed by atoms with Gasteiger partial charge in [-0.3, -0.25) is 0 Å². The van der Waals surface area contributed by atoms with Gasteiger partial charge in [-0.15, -0.1) is 9.44 Å². The summed E-state index contributed by atoms with van der Waals surface area (Å²) in [7, 11) is 0. The molecule has 184 valence electrons. The number of H-pyrrole nitrogens is 2. The van der Waals surface area contributed by atoms with Crippen molar-refractivity contribution in [3.8, 4) is 11.3 Å². The zero-order chi connectivity index (χ0) is 24.5. The van der Waals surface area contributed by atoms with Gasteiger partial charge in [-0.25, -0.2) is 18.2 Å². The standard InChI is InChI=1S/C25H26F3N5OS/c1-14-22(30-13-29-14)6-7-31-35(34)32-12-15-8-17(9-15)23-20-10-19(27)11-21(28)25(20)33-24(23)16-2-4-18(26)5-3-16/h2-5,10-11,13,15,17,31-33H,6-9,12H2,1H3,(H,29,30)/t15-,17-,35?. The normalized spacial score (nSPS) is 18.7. The van der Waals surface area contributed by atoms with Crippen LogP contribution in [0.15, 0.2) is 42.7 Å². The van der Waals surface area contributed by atoms with Gasteiger partial charge in [0, 0.05) is 36.7 Å². The number of aromatic nitrogens is 3. The lowest BCUT2D eigenvalue weighted by molar-refractivity contribution is 0.267.